The van der Waals surface area contributed by atoms with Crippen molar-refractivity contribution in [3.63, 3.8) is 0 Å². The smallest absolute Gasteiger partial charge is 0.399 e. The first-order valence-corrected chi connectivity index (χ1v) is 11.3. The van der Waals surface area contributed by atoms with Crippen molar-refractivity contribution in [2.45, 2.75) is 57.6 Å². The maximum Gasteiger partial charge on any atom is 0.495 e. The lowest BCUT2D eigenvalue weighted by atomic mass is 9.76. The van der Waals surface area contributed by atoms with E-state index in [2.05, 4.69) is 0 Å². The van der Waals surface area contributed by atoms with Gasteiger partial charge in [-0.2, -0.15) is 0 Å². The fourth-order valence-corrected chi connectivity index (χ4v) is 5.12. The zero-order valence-corrected chi connectivity index (χ0v) is 18.8. The molecule has 0 radical (unpaired) electrons. The first-order chi connectivity index (χ1) is 13.8. The van der Waals surface area contributed by atoms with Crippen LogP contribution in [0.2, 0.25) is 0 Å². The van der Waals surface area contributed by atoms with Gasteiger partial charge in [0.15, 0.2) is 0 Å². The Morgan fingerprint density at radius 3 is 2.07 bits per heavy atom. The van der Waals surface area contributed by atoms with Gasteiger partial charge < -0.3 is 9.31 Å². The molecule has 0 atom stereocenters. The van der Waals surface area contributed by atoms with E-state index >= 15 is 0 Å². The molecule has 2 heterocycles. The standard InChI is InChI=1S/C22H25BFNO4S/c1-14-7-9-16(10-8-14)30(26,27)25-13-15(2)19-17(11-12-18(24)20(19)25)23-28-21(3,4)22(5,6)29-23/h7-13H,1-6H3. The summed E-state index contributed by atoms with van der Waals surface area (Å²) in [6.45, 7) is 11.4. The lowest BCUT2D eigenvalue weighted by Crippen LogP contribution is -2.41. The third kappa shape index (κ3) is 3.09. The summed E-state index contributed by atoms with van der Waals surface area (Å²) < 4.78 is 54.9. The van der Waals surface area contributed by atoms with E-state index in [1.54, 1.807) is 25.1 Å². The maximum absolute atomic E-state index is 15.0. The Bertz CT molecular complexity index is 1230. The van der Waals surface area contributed by atoms with Gasteiger partial charge in [0.2, 0.25) is 0 Å². The highest BCUT2D eigenvalue weighted by atomic mass is 32.2. The van der Waals surface area contributed by atoms with Crippen molar-refractivity contribution >= 4 is 33.5 Å². The van der Waals surface area contributed by atoms with Crippen LogP contribution in [0.15, 0.2) is 47.5 Å². The molecular weight excluding hydrogens is 404 g/mol. The highest BCUT2D eigenvalue weighted by Gasteiger charge is 2.52. The molecule has 0 amide bonds. The molecule has 0 unspecified atom stereocenters. The van der Waals surface area contributed by atoms with Crippen molar-refractivity contribution in [2.24, 2.45) is 0 Å². The average molecular weight is 429 g/mol. The summed E-state index contributed by atoms with van der Waals surface area (Å²) in [6, 6.07) is 9.37. The van der Waals surface area contributed by atoms with Gasteiger partial charge in [0.25, 0.3) is 10.0 Å². The van der Waals surface area contributed by atoms with E-state index in [-0.39, 0.29) is 10.4 Å². The predicted octanol–water partition coefficient (Wildman–Crippen LogP) is 3.93. The normalized spacial score (nSPS) is 18.3. The van der Waals surface area contributed by atoms with Gasteiger partial charge >= 0.3 is 7.12 Å². The third-order valence-corrected chi connectivity index (χ3v) is 7.85. The summed E-state index contributed by atoms with van der Waals surface area (Å²) in [7, 11) is -4.70. The van der Waals surface area contributed by atoms with Crippen molar-refractivity contribution < 1.29 is 22.1 Å². The molecule has 2 aromatic carbocycles. The molecule has 8 heteroatoms. The summed E-state index contributed by atoms with van der Waals surface area (Å²) in [6.07, 6.45) is 1.46. The van der Waals surface area contributed by atoms with Crippen LogP contribution in [0.4, 0.5) is 4.39 Å². The van der Waals surface area contributed by atoms with Crippen LogP contribution in [0, 0.1) is 19.7 Å². The number of hydrogen-bond donors (Lipinski definition) is 0. The third-order valence-electron chi connectivity index (χ3n) is 6.17. The van der Waals surface area contributed by atoms with Gasteiger partial charge in [0.1, 0.15) is 5.82 Å². The van der Waals surface area contributed by atoms with Gasteiger partial charge in [-0.25, -0.2) is 16.8 Å². The second-order valence-corrected chi connectivity index (χ2v) is 10.7. The van der Waals surface area contributed by atoms with Crippen LogP contribution >= 0.6 is 0 Å². The highest BCUT2D eigenvalue weighted by molar-refractivity contribution is 7.90. The molecule has 0 spiro atoms. The second-order valence-electron chi connectivity index (χ2n) is 8.87. The molecule has 1 aliphatic heterocycles. The Labute approximate surface area is 177 Å². The fraction of sp³-hybridized carbons (Fsp3) is 0.364. The van der Waals surface area contributed by atoms with Gasteiger partial charge in [0.05, 0.1) is 21.6 Å². The summed E-state index contributed by atoms with van der Waals surface area (Å²) in [5.41, 5.74) is 1.05. The van der Waals surface area contributed by atoms with Crippen LogP contribution < -0.4 is 5.46 Å². The van der Waals surface area contributed by atoms with Gasteiger partial charge in [-0.3, -0.25) is 0 Å². The molecule has 1 aliphatic rings. The van der Waals surface area contributed by atoms with Crippen LogP contribution in [0.3, 0.4) is 0 Å². The minimum atomic E-state index is -3.97. The molecule has 158 valence electrons. The zero-order valence-electron chi connectivity index (χ0n) is 18.0. The monoisotopic (exact) mass is 429 g/mol. The predicted molar refractivity (Wildman–Crippen MR) is 116 cm³/mol. The van der Waals surface area contributed by atoms with Gasteiger partial charge in [-0.05, 0) is 70.8 Å². The SMILES string of the molecule is Cc1ccc(S(=O)(=O)n2cc(C)c3c(B4OC(C)(C)C(C)(C)O4)ccc(F)c32)cc1. The Balaban J connectivity index is 1.92. The Morgan fingerprint density at radius 2 is 1.50 bits per heavy atom. The number of fused-ring (bicyclic) bond motifs is 1. The Hall–Kier alpha value is -2.16. The van der Waals surface area contributed by atoms with E-state index in [1.165, 1.54) is 24.4 Å². The Kier molecular flexibility index (Phi) is 4.69. The minimum Gasteiger partial charge on any atom is -0.399 e. The summed E-state index contributed by atoms with van der Waals surface area (Å²) in [5.74, 6) is -0.617. The molecule has 0 bridgehead atoms. The van der Waals surface area contributed by atoms with E-state index in [1.807, 2.05) is 34.6 Å². The van der Waals surface area contributed by atoms with Crippen LogP contribution in [0.5, 0.6) is 0 Å². The van der Waals surface area contributed by atoms with Crippen molar-refractivity contribution in [1.82, 2.24) is 3.97 Å². The second kappa shape index (κ2) is 6.67. The quantitative estimate of drug-likeness (QED) is 0.592. The van der Waals surface area contributed by atoms with Crippen molar-refractivity contribution in [1.29, 1.82) is 0 Å². The van der Waals surface area contributed by atoms with E-state index in [4.69, 9.17) is 9.31 Å². The van der Waals surface area contributed by atoms with E-state index in [9.17, 15) is 12.8 Å². The molecule has 0 N–H and O–H groups in total. The molecule has 30 heavy (non-hydrogen) atoms. The first-order valence-electron chi connectivity index (χ1n) is 9.83. The van der Waals surface area contributed by atoms with Gasteiger partial charge in [0, 0.05) is 11.6 Å². The molecule has 0 aliphatic carbocycles. The molecule has 1 fully saturated rings. The number of aryl methyl sites for hydroxylation is 2. The van der Waals surface area contributed by atoms with Crippen molar-refractivity contribution in [2.75, 3.05) is 0 Å². The van der Waals surface area contributed by atoms with E-state index in [0.29, 0.717) is 16.4 Å². The lowest BCUT2D eigenvalue weighted by molar-refractivity contribution is 0.00578. The number of hydrogen-bond acceptors (Lipinski definition) is 4. The summed E-state index contributed by atoms with van der Waals surface area (Å²) in [5, 5.41) is 0.490. The topological polar surface area (TPSA) is 57.5 Å². The number of halogens is 1. The van der Waals surface area contributed by atoms with Gasteiger partial charge in [-0.15, -0.1) is 0 Å². The number of nitrogens with zero attached hydrogens (tertiary/aromatic N) is 1. The largest absolute Gasteiger partial charge is 0.495 e. The van der Waals surface area contributed by atoms with Crippen LogP contribution in [-0.2, 0) is 19.3 Å². The number of benzene rings is 2. The first kappa shape index (κ1) is 21.1. The van der Waals surface area contributed by atoms with E-state index in [0.717, 1.165) is 9.54 Å². The van der Waals surface area contributed by atoms with Gasteiger partial charge in [-0.1, -0.05) is 23.8 Å². The minimum absolute atomic E-state index is 0.000266. The molecular formula is C22H25BFNO4S. The molecule has 5 nitrogen and oxygen atoms in total. The van der Waals surface area contributed by atoms with Crippen molar-refractivity contribution in [3.05, 3.63) is 59.5 Å². The average Bonchev–Trinajstić information content (AvgIpc) is 3.10. The van der Waals surface area contributed by atoms with Crippen LogP contribution in [0.1, 0.15) is 38.8 Å². The molecule has 1 aromatic heterocycles. The molecule has 3 aromatic rings. The van der Waals surface area contributed by atoms with Crippen molar-refractivity contribution in [3.8, 4) is 0 Å². The maximum atomic E-state index is 15.0. The van der Waals surface area contributed by atoms with E-state index < -0.39 is 34.2 Å². The Morgan fingerprint density at radius 1 is 0.933 bits per heavy atom. The molecule has 4 rings (SSSR count). The summed E-state index contributed by atoms with van der Waals surface area (Å²) >= 11 is 0. The van der Waals surface area contributed by atoms with Crippen LogP contribution in [0.25, 0.3) is 10.9 Å². The fourth-order valence-electron chi connectivity index (χ4n) is 3.70. The molecule has 1 saturated heterocycles. The summed E-state index contributed by atoms with van der Waals surface area (Å²) in [4.78, 5) is 0.102. The molecule has 0 saturated carbocycles. The number of rotatable bonds is 3. The highest BCUT2D eigenvalue weighted by Crippen LogP contribution is 2.38. The van der Waals surface area contributed by atoms with Crippen LogP contribution in [-0.4, -0.2) is 30.7 Å². The number of aromatic nitrogens is 1. The zero-order chi connectivity index (χ0) is 22.1. The lowest BCUT2D eigenvalue weighted by Gasteiger charge is -2.32.